The van der Waals surface area contributed by atoms with Gasteiger partial charge in [0.25, 0.3) is 0 Å². The van der Waals surface area contributed by atoms with Gasteiger partial charge >= 0.3 is 11.5 Å². The Morgan fingerprint density at radius 1 is 1.25 bits per heavy atom. The summed E-state index contributed by atoms with van der Waals surface area (Å²) in [5, 5.41) is 21.2. The van der Waals surface area contributed by atoms with E-state index in [0.717, 1.165) is 10.1 Å². The first kappa shape index (κ1) is 12.0. The Morgan fingerprint density at radius 3 is 2.60 bits per heavy atom. The zero-order chi connectivity index (χ0) is 14.3. The van der Waals surface area contributed by atoms with Crippen LogP contribution in [0.5, 0.6) is 5.75 Å². The molecule has 0 atom stereocenters. The Balaban J connectivity index is 2.29. The molecular weight excluding hydrogens is 262 g/mol. The van der Waals surface area contributed by atoms with Crippen LogP contribution in [0.15, 0.2) is 41.2 Å². The van der Waals surface area contributed by atoms with Crippen molar-refractivity contribution in [3.8, 4) is 17.0 Å². The summed E-state index contributed by atoms with van der Waals surface area (Å²) in [6, 6.07) is 10.7. The van der Waals surface area contributed by atoms with E-state index >= 15 is 0 Å². The minimum absolute atomic E-state index is 0.129. The second kappa shape index (κ2) is 4.23. The number of nitrogens with one attached hydrogen (secondary N) is 1. The average Bonchev–Trinajstić information content (AvgIpc) is 2.88. The first-order chi connectivity index (χ1) is 9.58. The third-order valence-corrected chi connectivity index (χ3v) is 2.88. The molecule has 2 heterocycles. The molecule has 0 unspecified atom stereocenters. The summed E-state index contributed by atoms with van der Waals surface area (Å²) < 4.78 is 1.00. The number of rotatable bonds is 2. The molecule has 0 fully saturated rings. The van der Waals surface area contributed by atoms with Gasteiger partial charge in [0.2, 0.25) is 5.75 Å². The van der Waals surface area contributed by atoms with E-state index in [1.165, 1.54) is 0 Å². The number of carbonyl (C=O) groups is 1. The van der Waals surface area contributed by atoms with Crippen LogP contribution in [0.2, 0.25) is 0 Å². The van der Waals surface area contributed by atoms with Crippen LogP contribution in [0.4, 0.5) is 0 Å². The van der Waals surface area contributed by atoms with Gasteiger partial charge in [0, 0.05) is 6.07 Å². The maximum Gasteiger partial charge on any atom is 0.358 e. The molecule has 0 spiro atoms. The first-order valence-electron chi connectivity index (χ1n) is 5.71. The molecular formula is C13H9N3O4. The molecule has 0 radical (unpaired) electrons. The van der Waals surface area contributed by atoms with Crippen molar-refractivity contribution in [3.05, 3.63) is 52.4 Å². The first-order valence-corrected chi connectivity index (χ1v) is 5.71. The molecule has 3 N–H and O–H groups in total. The molecule has 0 aliphatic heterocycles. The number of hydrogen-bond acceptors (Lipinski definition) is 4. The molecule has 0 amide bonds. The van der Waals surface area contributed by atoms with E-state index in [2.05, 4.69) is 10.1 Å². The second-order valence-electron chi connectivity index (χ2n) is 4.15. The van der Waals surface area contributed by atoms with Gasteiger partial charge in [0.15, 0.2) is 11.3 Å². The van der Waals surface area contributed by atoms with Gasteiger partial charge in [-0.25, -0.2) is 9.78 Å². The molecule has 2 aromatic heterocycles. The molecule has 0 saturated heterocycles. The van der Waals surface area contributed by atoms with Gasteiger partial charge in [-0.3, -0.25) is 9.89 Å². The Hall–Kier alpha value is -3.09. The molecule has 7 heteroatoms. The quantitative estimate of drug-likeness (QED) is 0.646. The van der Waals surface area contributed by atoms with E-state index in [-0.39, 0.29) is 5.65 Å². The molecule has 3 rings (SSSR count). The zero-order valence-corrected chi connectivity index (χ0v) is 10.1. The summed E-state index contributed by atoms with van der Waals surface area (Å²) >= 11 is 0. The third-order valence-electron chi connectivity index (χ3n) is 2.88. The molecule has 0 aliphatic carbocycles. The summed E-state index contributed by atoms with van der Waals surface area (Å²) in [5.41, 5.74) is 0.0261. The van der Waals surface area contributed by atoms with E-state index in [9.17, 15) is 14.7 Å². The number of aromatic amines is 1. The van der Waals surface area contributed by atoms with E-state index < -0.39 is 23.0 Å². The highest BCUT2D eigenvalue weighted by Crippen LogP contribution is 2.19. The Labute approximate surface area is 111 Å². The van der Waals surface area contributed by atoms with E-state index in [0.29, 0.717) is 5.69 Å². The number of aromatic hydroxyl groups is 1. The fourth-order valence-corrected chi connectivity index (χ4v) is 1.93. The summed E-state index contributed by atoms with van der Waals surface area (Å²) in [5.74, 6) is -2.35. The number of aromatic carboxylic acids is 1. The van der Waals surface area contributed by atoms with Gasteiger partial charge in [0.1, 0.15) is 0 Å². The summed E-state index contributed by atoms with van der Waals surface area (Å²) in [7, 11) is 0. The third kappa shape index (κ3) is 1.72. The number of nitrogens with zero attached hydrogens (tertiary/aromatic N) is 2. The van der Waals surface area contributed by atoms with Gasteiger partial charge in [-0.2, -0.15) is 4.52 Å². The second-order valence-corrected chi connectivity index (χ2v) is 4.15. The van der Waals surface area contributed by atoms with E-state index in [1.807, 2.05) is 30.3 Å². The molecule has 0 bridgehead atoms. The van der Waals surface area contributed by atoms with Gasteiger partial charge < -0.3 is 10.2 Å². The summed E-state index contributed by atoms with van der Waals surface area (Å²) in [6.07, 6.45) is 0. The van der Waals surface area contributed by atoms with E-state index in [4.69, 9.17) is 5.11 Å². The molecule has 3 aromatic rings. The van der Waals surface area contributed by atoms with Gasteiger partial charge in [0.05, 0.1) is 5.69 Å². The molecule has 7 nitrogen and oxygen atoms in total. The number of fused-ring (bicyclic) bond motifs is 1. The van der Waals surface area contributed by atoms with Crippen LogP contribution in [0.25, 0.3) is 16.9 Å². The van der Waals surface area contributed by atoms with Gasteiger partial charge in [-0.15, -0.1) is 0 Å². The largest absolute Gasteiger partial charge is 0.501 e. The lowest BCUT2D eigenvalue weighted by Gasteiger charge is -1.98. The maximum absolute atomic E-state index is 11.9. The lowest BCUT2D eigenvalue weighted by molar-refractivity contribution is 0.0686. The number of benzene rings is 1. The lowest BCUT2D eigenvalue weighted by Crippen LogP contribution is -2.18. The van der Waals surface area contributed by atoms with Crippen molar-refractivity contribution < 1.29 is 15.0 Å². The van der Waals surface area contributed by atoms with E-state index in [1.54, 1.807) is 6.07 Å². The fraction of sp³-hybridized carbons (Fsp3) is 0. The monoisotopic (exact) mass is 271 g/mol. The smallest absolute Gasteiger partial charge is 0.358 e. The van der Waals surface area contributed by atoms with Gasteiger partial charge in [-0.05, 0) is 5.56 Å². The zero-order valence-electron chi connectivity index (χ0n) is 10.1. The van der Waals surface area contributed by atoms with Crippen molar-refractivity contribution in [1.82, 2.24) is 14.6 Å². The van der Waals surface area contributed by atoms with Crippen molar-refractivity contribution in [1.29, 1.82) is 0 Å². The van der Waals surface area contributed by atoms with Crippen LogP contribution in [-0.2, 0) is 0 Å². The number of hydrogen-bond donors (Lipinski definition) is 3. The average molecular weight is 271 g/mol. The summed E-state index contributed by atoms with van der Waals surface area (Å²) in [4.78, 5) is 26.6. The van der Waals surface area contributed by atoms with Crippen LogP contribution in [0.1, 0.15) is 10.5 Å². The van der Waals surface area contributed by atoms with Crippen LogP contribution < -0.4 is 5.56 Å². The molecule has 0 saturated carbocycles. The SMILES string of the molecule is O=C(O)c1nc2cc(-c3ccccc3)[nH]n2c(=O)c1O. The van der Waals surface area contributed by atoms with Crippen molar-refractivity contribution in [3.63, 3.8) is 0 Å². The predicted molar refractivity (Wildman–Crippen MR) is 69.9 cm³/mol. The molecule has 20 heavy (non-hydrogen) atoms. The summed E-state index contributed by atoms with van der Waals surface area (Å²) in [6.45, 7) is 0. The minimum atomic E-state index is -1.45. The maximum atomic E-state index is 11.9. The predicted octanol–water partition coefficient (Wildman–Crippen LogP) is 1.09. The van der Waals surface area contributed by atoms with Crippen LogP contribution in [0, 0.1) is 0 Å². The fourth-order valence-electron chi connectivity index (χ4n) is 1.93. The Morgan fingerprint density at radius 2 is 1.95 bits per heavy atom. The number of H-pyrrole nitrogens is 1. The molecule has 100 valence electrons. The normalized spacial score (nSPS) is 10.8. The standard InChI is InChI=1S/C13H9N3O4/c17-11-10(13(19)20)14-9-6-8(15-16(9)12(11)18)7-4-2-1-3-5-7/h1-6,15,17H,(H,19,20). The molecule has 0 aliphatic rings. The van der Waals surface area contributed by atoms with Gasteiger partial charge in [-0.1, -0.05) is 30.3 Å². The number of carboxylic acid groups (broad SMARTS) is 1. The van der Waals surface area contributed by atoms with Crippen molar-refractivity contribution in [2.24, 2.45) is 0 Å². The van der Waals surface area contributed by atoms with Crippen molar-refractivity contribution >= 4 is 11.6 Å². The number of carboxylic acids is 1. The Kier molecular flexibility index (Phi) is 2.53. The van der Waals surface area contributed by atoms with Crippen molar-refractivity contribution in [2.75, 3.05) is 0 Å². The van der Waals surface area contributed by atoms with Crippen LogP contribution in [0.3, 0.4) is 0 Å². The molecule has 1 aromatic carbocycles. The highest BCUT2D eigenvalue weighted by Gasteiger charge is 2.19. The van der Waals surface area contributed by atoms with Crippen LogP contribution in [-0.4, -0.2) is 30.8 Å². The highest BCUT2D eigenvalue weighted by molar-refractivity contribution is 5.89. The topological polar surface area (TPSA) is 108 Å². The highest BCUT2D eigenvalue weighted by atomic mass is 16.4. The number of aromatic nitrogens is 3. The minimum Gasteiger partial charge on any atom is -0.501 e. The van der Waals surface area contributed by atoms with Crippen molar-refractivity contribution in [2.45, 2.75) is 0 Å². The van der Waals surface area contributed by atoms with Crippen LogP contribution >= 0.6 is 0 Å². The lowest BCUT2D eigenvalue weighted by atomic mass is 10.2. The Bertz CT molecular complexity index is 864.